The molecule has 20 heavy (non-hydrogen) atoms. The van der Waals surface area contributed by atoms with Gasteiger partial charge in [-0.05, 0) is 23.8 Å². The fourth-order valence-corrected chi connectivity index (χ4v) is 3.24. The average Bonchev–Trinajstić information content (AvgIpc) is 2.50. The lowest BCUT2D eigenvalue weighted by molar-refractivity contribution is 0.294. The zero-order valence-corrected chi connectivity index (χ0v) is 12.1. The zero-order chi connectivity index (χ0) is 13.6. The highest BCUT2D eigenvalue weighted by Crippen LogP contribution is 2.17. The van der Waals surface area contributed by atoms with Crippen molar-refractivity contribution < 1.29 is 0 Å². The fourth-order valence-electron chi connectivity index (χ4n) is 2.26. The van der Waals surface area contributed by atoms with E-state index in [0.717, 1.165) is 12.2 Å². The van der Waals surface area contributed by atoms with Crippen LogP contribution in [0.4, 0.5) is 11.6 Å². The summed E-state index contributed by atoms with van der Waals surface area (Å²) in [6.45, 7) is 3.39. The van der Waals surface area contributed by atoms with Crippen molar-refractivity contribution in [2.75, 3.05) is 29.9 Å². The number of benzene rings is 1. The van der Waals surface area contributed by atoms with E-state index in [9.17, 15) is 0 Å². The van der Waals surface area contributed by atoms with Gasteiger partial charge in [-0.3, -0.25) is 4.90 Å². The van der Waals surface area contributed by atoms with Crippen molar-refractivity contribution in [2.24, 2.45) is 0 Å². The van der Waals surface area contributed by atoms with E-state index in [2.05, 4.69) is 38.4 Å². The van der Waals surface area contributed by atoms with Crippen LogP contribution in [0.15, 0.2) is 42.7 Å². The summed E-state index contributed by atoms with van der Waals surface area (Å²) in [5.41, 5.74) is 2.37. The summed E-state index contributed by atoms with van der Waals surface area (Å²) in [5.74, 6) is 3.13. The third-order valence-electron chi connectivity index (χ3n) is 3.26. The number of hydrogen-bond donors (Lipinski definition) is 1. The number of rotatable bonds is 4. The van der Waals surface area contributed by atoms with Crippen LogP contribution in [0, 0.1) is 0 Å². The zero-order valence-electron chi connectivity index (χ0n) is 11.3. The lowest BCUT2D eigenvalue weighted by Gasteiger charge is -2.26. The molecule has 1 fully saturated rings. The molecule has 0 amide bonds. The third-order valence-corrected chi connectivity index (χ3v) is 4.20. The first-order valence-electron chi connectivity index (χ1n) is 6.83. The van der Waals surface area contributed by atoms with Gasteiger partial charge in [0, 0.05) is 49.2 Å². The second-order valence-corrected chi connectivity index (χ2v) is 6.01. The summed E-state index contributed by atoms with van der Waals surface area (Å²) in [7, 11) is 0. The number of nitrogens with zero attached hydrogens (tertiary/aromatic N) is 3. The first-order chi connectivity index (χ1) is 9.90. The van der Waals surface area contributed by atoms with Crippen molar-refractivity contribution in [1.82, 2.24) is 14.9 Å². The van der Waals surface area contributed by atoms with Gasteiger partial charge in [0.1, 0.15) is 0 Å². The van der Waals surface area contributed by atoms with Gasteiger partial charge in [-0.25, -0.2) is 9.97 Å². The van der Waals surface area contributed by atoms with Crippen LogP contribution >= 0.6 is 11.8 Å². The summed E-state index contributed by atoms with van der Waals surface area (Å²) < 4.78 is 0. The van der Waals surface area contributed by atoms with Crippen LogP contribution in [0.25, 0.3) is 0 Å². The number of anilines is 2. The number of thioether (sulfide) groups is 1. The first kappa shape index (κ1) is 13.4. The predicted molar refractivity (Wildman–Crippen MR) is 84.4 cm³/mol. The fraction of sp³-hybridized carbons (Fsp3) is 0.333. The molecular weight excluding hydrogens is 268 g/mol. The molecule has 1 aliphatic rings. The molecule has 0 aliphatic carbocycles. The lowest BCUT2D eigenvalue weighted by Crippen LogP contribution is -2.31. The van der Waals surface area contributed by atoms with Gasteiger partial charge in [-0.15, -0.1) is 0 Å². The third kappa shape index (κ3) is 3.71. The largest absolute Gasteiger partial charge is 0.324 e. The Labute approximate surface area is 123 Å². The van der Waals surface area contributed by atoms with Gasteiger partial charge >= 0.3 is 0 Å². The number of aromatic nitrogens is 2. The quantitative estimate of drug-likeness (QED) is 0.936. The van der Waals surface area contributed by atoms with Gasteiger partial charge in [0.15, 0.2) is 0 Å². The normalized spacial score (nSPS) is 16.0. The van der Waals surface area contributed by atoms with Crippen LogP contribution in [-0.2, 0) is 6.54 Å². The standard InChI is InChI=1S/C15H18N4S/c1-3-13(12-19-7-9-20-10-8-19)11-14(4-1)18-15-16-5-2-6-17-15/h1-6,11H,7-10,12H2,(H,16,17,18). The maximum Gasteiger partial charge on any atom is 0.227 e. The van der Waals surface area contributed by atoms with Gasteiger partial charge in [0.25, 0.3) is 0 Å². The second kappa shape index (κ2) is 6.72. The summed E-state index contributed by atoms with van der Waals surface area (Å²) in [6.07, 6.45) is 3.48. The molecule has 3 rings (SSSR count). The minimum Gasteiger partial charge on any atom is -0.324 e. The van der Waals surface area contributed by atoms with E-state index in [-0.39, 0.29) is 0 Å². The molecule has 0 radical (unpaired) electrons. The molecule has 0 saturated carbocycles. The summed E-state index contributed by atoms with van der Waals surface area (Å²) in [6, 6.07) is 10.3. The van der Waals surface area contributed by atoms with E-state index >= 15 is 0 Å². The molecule has 5 heteroatoms. The van der Waals surface area contributed by atoms with Gasteiger partial charge < -0.3 is 5.32 Å². The van der Waals surface area contributed by atoms with E-state index in [1.807, 2.05) is 23.9 Å². The molecule has 104 valence electrons. The smallest absolute Gasteiger partial charge is 0.227 e. The Morgan fingerprint density at radius 1 is 1.10 bits per heavy atom. The van der Waals surface area contributed by atoms with Gasteiger partial charge in [0.05, 0.1) is 0 Å². The maximum atomic E-state index is 4.18. The highest BCUT2D eigenvalue weighted by molar-refractivity contribution is 7.99. The monoisotopic (exact) mass is 286 g/mol. The van der Waals surface area contributed by atoms with E-state index in [0.29, 0.717) is 5.95 Å². The van der Waals surface area contributed by atoms with Crippen LogP contribution in [0.1, 0.15) is 5.56 Å². The molecule has 4 nitrogen and oxygen atoms in total. The highest BCUT2D eigenvalue weighted by Gasteiger charge is 2.10. The molecule has 1 aliphatic heterocycles. The maximum absolute atomic E-state index is 4.18. The molecule has 0 unspecified atom stereocenters. The second-order valence-electron chi connectivity index (χ2n) is 4.79. The minimum absolute atomic E-state index is 0.638. The van der Waals surface area contributed by atoms with Crippen LogP contribution in [0.3, 0.4) is 0 Å². The van der Waals surface area contributed by atoms with E-state index < -0.39 is 0 Å². The minimum atomic E-state index is 0.638. The first-order valence-corrected chi connectivity index (χ1v) is 7.99. The Bertz CT molecular complexity index is 541. The van der Waals surface area contributed by atoms with Gasteiger partial charge in [-0.2, -0.15) is 11.8 Å². The van der Waals surface area contributed by atoms with E-state index in [1.54, 1.807) is 12.4 Å². The lowest BCUT2D eigenvalue weighted by atomic mass is 10.2. The Balaban J connectivity index is 1.66. The predicted octanol–water partition coefficient (Wildman–Crippen LogP) is 2.77. The van der Waals surface area contributed by atoms with Gasteiger partial charge in [0.2, 0.25) is 5.95 Å². The average molecular weight is 286 g/mol. The van der Waals surface area contributed by atoms with Crippen molar-refractivity contribution in [3.8, 4) is 0 Å². The van der Waals surface area contributed by atoms with Crippen molar-refractivity contribution in [3.63, 3.8) is 0 Å². The van der Waals surface area contributed by atoms with Crippen molar-refractivity contribution >= 4 is 23.4 Å². The van der Waals surface area contributed by atoms with E-state index in [4.69, 9.17) is 0 Å². The van der Waals surface area contributed by atoms with Crippen molar-refractivity contribution in [2.45, 2.75) is 6.54 Å². The van der Waals surface area contributed by atoms with Crippen molar-refractivity contribution in [1.29, 1.82) is 0 Å². The number of nitrogens with one attached hydrogen (secondary N) is 1. The van der Waals surface area contributed by atoms with Crippen LogP contribution < -0.4 is 5.32 Å². The van der Waals surface area contributed by atoms with Gasteiger partial charge in [-0.1, -0.05) is 12.1 Å². The molecule has 2 aromatic rings. The number of hydrogen-bond acceptors (Lipinski definition) is 5. The molecule has 0 spiro atoms. The molecule has 2 heterocycles. The summed E-state index contributed by atoms with van der Waals surface area (Å²) >= 11 is 2.04. The summed E-state index contributed by atoms with van der Waals surface area (Å²) in [4.78, 5) is 10.9. The summed E-state index contributed by atoms with van der Waals surface area (Å²) in [5, 5.41) is 3.24. The highest BCUT2D eigenvalue weighted by atomic mass is 32.2. The Hall–Kier alpha value is -1.59. The molecule has 0 bridgehead atoms. The van der Waals surface area contributed by atoms with E-state index in [1.165, 1.54) is 30.2 Å². The van der Waals surface area contributed by atoms with Crippen LogP contribution in [0.5, 0.6) is 0 Å². The molecule has 1 aromatic heterocycles. The Morgan fingerprint density at radius 2 is 1.90 bits per heavy atom. The SMILES string of the molecule is c1cnc(Nc2cccc(CN3CCSCC3)c2)nc1. The Kier molecular flexibility index (Phi) is 4.50. The topological polar surface area (TPSA) is 41.1 Å². The van der Waals surface area contributed by atoms with Crippen LogP contribution in [0.2, 0.25) is 0 Å². The van der Waals surface area contributed by atoms with Crippen molar-refractivity contribution in [3.05, 3.63) is 48.3 Å². The molecular formula is C15H18N4S. The molecule has 1 saturated heterocycles. The Morgan fingerprint density at radius 3 is 2.70 bits per heavy atom. The molecule has 1 aromatic carbocycles. The molecule has 1 N–H and O–H groups in total. The van der Waals surface area contributed by atoms with Crippen LogP contribution in [-0.4, -0.2) is 39.5 Å². The molecule has 0 atom stereocenters.